The van der Waals surface area contributed by atoms with Gasteiger partial charge in [-0.25, -0.2) is 14.8 Å². The molecule has 0 bridgehead atoms. The fraction of sp³-hybridized carbons (Fsp3) is 0.357. The van der Waals surface area contributed by atoms with E-state index in [1.54, 1.807) is 35.6 Å². The molecule has 1 aliphatic heterocycles. The summed E-state index contributed by atoms with van der Waals surface area (Å²) in [5, 5.41) is 1.45. The maximum absolute atomic E-state index is 12.7. The first kappa shape index (κ1) is 25.0. The number of amides is 1. The van der Waals surface area contributed by atoms with Gasteiger partial charge in [0.25, 0.3) is 0 Å². The van der Waals surface area contributed by atoms with E-state index in [4.69, 9.17) is 26.1 Å². The Kier molecular flexibility index (Phi) is 7.02. The summed E-state index contributed by atoms with van der Waals surface area (Å²) < 4.78 is 11.5. The first-order chi connectivity index (χ1) is 17.8. The Labute approximate surface area is 221 Å². The third-order valence-corrected chi connectivity index (χ3v) is 6.56. The monoisotopic (exact) mass is 519 g/mol. The van der Waals surface area contributed by atoms with Crippen molar-refractivity contribution in [2.24, 2.45) is 0 Å². The number of H-pyrrole nitrogens is 1. The molecule has 0 spiro atoms. The Morgan fingerprint density at radius 3 is 2.86 bits per heavy atom. The highest BCUT2D eigenvalue weighted by molar-refractivity contribution is 6.33. The van der Waals surface area contributed by atoms with E-state index in [2.05, 4.69) is 21.0 Å². The van der Waals surface area contributed by atoms with Gasteiger partial charge in [0.1, 0.15) is 17.9 Å². The normalized spacial score (nSPS) is 16.1. The SMILES string of the molecule is CC(C)(C)OC(=O)N1CCCC(c2cc3c(-c4nc(OCc5cccnc5)ccc4Cl)ccnc3[nH]2)C1. The standard InChI is InChI=1S/C28H30ClN5O3/c1-28(2,3)37-27(35)34-13-5-7-19(16-34)23-14-21-20(10-12-31-26(21)32-23)25-22(29)8-9-24(33-25)36-17-18-6-4-11-30-15-18/h4,6,8-12,14-15,19H,5,7,13,16-17H2,1-3H3,(H,31,32). The molecule has 5 rings (SSSR count). The van der Waals surface area contributed by atoms with Crippen molar-refractivity contribution < 1.29 is 14.3 Å². The molecule has 1 fully saturated rings. The zero-order valence-electron chi connectivity index (χ0n) is 21.2. The van der Waals surface area contributed by atoms with Crippen molar-refractivity contribution in [1.29, 1.82) is 0 Å². The van der Waals surface area contributed by atoms with Crippen LogP contribution in [0.5, 0.6) is 5.88 Å². The van der Waals surface area contributed by atoms with Gasteiger partial charge in [-0.15, -0.1) is 0 Å². The van der Waals surface area contributed by atoms with Crippen LogP contribution in [-0.2, 0) is 11.3 Å². The number of rotatable bonds is 5. The minimum absolute atomic E-state index is 0.154. The number of pyridine rings is 3. The van der Waals surface area contributed by atoms with E-state index in [0.29, 0.717) is 36.3 Å². The molecule has 1 atom stereocenters. The van der Waals surface area contributed by atoms with Crippen LogP contribution in [0.2, 0.25) is 5.02 Å². The van der Waals surface area contributed by atoms with Crippen LogP contribution >= 0.6 is 11.6 Å². The number of piperidine rings is 1. The maximum Gasteiger partial charge on any atom is 0.410 e. The molecule has 0 saturated carbocycles. The lowest BCUT2D eigenvalue weighted by molar-refractivity contribution is 0.0197. The summed E-state index contributed by atoms with van der Waals surface area (Å²) >= 11 is 6.59. The summed E-state index contributed by atoms with van der Waals surface area (Å²) in [6, 6.07) is 11.4. The third-order valence-electron chi connectivity index (χ3n) is 6.25. The van der Waals surface area contributed by atoms with Crippen LogP contribution in [-0.4, -0.2) is 49.6 Å². The largest absolute Gasteiger partial charge is 0.473 e. The molecule has 192 valence electrons. The van der Waals surface area contributed by atoms with Gasteiger partial charge in [-0.1, -0.05) is 17.7 Å². The average molecular weight is 520 g/mol. The zero-order chi connectivity index (χ0) is 26.0. The number of nitrogens with zero attached hydrogens (tertiary/aromatic N) is 4. The Hall–Kier alpha value is -3.65. The lowest BCUT2D eigenvalue weighted by Crippen LogP contribution is -2.42. The van der Waals surface area contributed by atoms with Crippen molar-refractivity contribution in [2.75, 3.05) is 13.1 Å². The Morgan fingerprint density at radius 2 is 2.08 bits per heavy atom. The number of likely N-dealkylation sites (tertiary alicyclic amines) is 1. The van der Waals surface area contributed by atoms with Crippen molar-refractivity contribution in [3.63, 3.8) is 0 Å². The summed E-state index contributed by atoms with van der Waals surface area (Å²) in [6.45, 7) is 7.30. The molecule has 37 heavy (non-hydrogen) atoms. The van der Waals surface area contributed by atoms with Crippen LogP contribution in [0.1, 0.15) is 50.8 Å². The zero-order valence-corrected chi connectivity index (χ0v) is 22.0. The molecule has 4 aromatic heterocycles. The average Bonchev–Trinajstić information content (AvgIpc) is 3.33. The Bertz CT molecular complexity index is 1400. The van der Waals surface area contributed by atoms with Crippen LogP contribution in [0.25, 0.3) is 22.3 Å². The minimum atomic E-state index is -0.521. The number of carbonyl (C=O) groups is 1. The summed E-state index contributed by atoms with van der Waals surface area (Å²) in [6.07, 6.45) is 6.84. The fourth-order valence-corrected chi connectivity index (χ4v) is 4.74. The molecule has 1 unspecified atom stereocenters. The van der Waals surface area contributed by atoms with Crippen molar-refractivity contribution in [3.05, 3.63) is 71.3 Å². The van der Waals surface area contributed by atoms with Crippen LogP contribution in [0, 0.1) is 0 Å². The van der Waals surface area contributed by atoms with Gasteiger partial charge in [0, 0.05) is 65.9 Å². The first-order valence-electron chi connectivity index (χ1n) is 12.4. The second-order valence-electron chi connectivity index (χ2n) is 10.2. The van der Waals surface area contributed by atoms with Crippen LogP contribution < -0.4 is 4.74 Å². The summed E-state index contributed by atoms with van der Waals surface area (Å²) in [4.78, 5) is 31.3. The van der Waals surface area contributed by atoms with Crippen molar-refractivity contribution >= 4 is 28.7 Å². The summed E-state index contributed by atoms with van der Waals surface area (Å²) in [7, 11) is 0. The lowest BCUT2D eigenvalue weighted by Gasteiger charge is -2.33. The van der Waals surface area contributed by atoms with E-state index in [1.807, 2.05) is 39.0 Å². The molecule has 1 amide bonds. The molecule has 5 heterocycles. The predicted octanol–water partition coefficient (Wildman–Crippen LogP) is 6.37. The number of aromatic amines is 1. The first-order valence-corrected chi connectivity index (χ1v) is 12.8. The fourth-order valence-electron chi connectivity index (χ4n) is 4.53. The molecular weight excluding hydrogens is 490 g/mol. The van der Waals surface area contributed by atoms with Crippen molar-refractivity contribution in [1.82, 2.24) is 24.8 Å². The molecule has 0 radical (unpaired) electrons. The molecular formula is C28H30ClN5O3. The maximum atomic E-state index is 12.7. The van der Waals surface area contributed by atoms with Gasteiger partial charge in [-0.3, -0.25) is 4.98 Å². The van der Waals surface area contributed by atoms with Crippen LogP contribution in [0.15, 0.2) is 55.0 Å². The van der Waals surface area contributed by atoms with E-state index >= 15 is 0 Å². The highest BCUT2D eigenvalue weighted by Crippen LogP contribution is 2.36. The second kappa shape index (κ2) is 10.4. The van der Waals surface area contributed by atoms with E-state index in [0.717, 1.165) is 40.7 Å². The van der Waals surface area contributed by atoms with E-state index in [1.165, 1.54) is 0 Å². The number of halogens is 1. The summed E-state index contributed by atoms with van der Waals surface area (Å²) in [5.74, 6) is 0.630. The summed E-state index contributed by atoms with van der Waals surface area (Å²) in [5.41, 5.74) is 3.71. The molecule has 1 saturated heterocycles. The number of hydrogen-bond donors (Lipinski definition) is 1. The second-order valence-corrected chi connectivity index (χ2v) is 10.6. The minimum Gasteiger partial charge on any atom is -0.473 e. The topological polar surface area (TPSA) is 93.2 Å². The number of fused-ring (bicyclic) bond motifs is 1. The smallest absolute Gasteiger partial charge is 0.410 e. The van der Waals surface area contributed by atoms with E-state index < -0.39 is 5.60 Å². The van der Waals surface area contributed by atoms with Crippen molar-refractivity contribution in [3.8, 4) is 17.1 Å². The van der Waals surface area contributed by atoms with E-state index in [-0.39, 0.29) is 12.0 Å². The Morgan fingerprint density at radius 1 is 1.22 bits per heavy atom. The molecule has 0 aliphatic carbocycles. The predicted molar refractivity (Wildman–Crippen MR) is 143 cm³/mol. The Balaban J connectivity index is 1.40. The number of aromatic nitrogens is 4. The number of hydrogen-bond acceptors (Lipinski definition) is 6. The van der Waals surface area contributed by atoms with Gasteiger partial charge in [0.2, 0.25) is 5.88 Å². The molecule has 4 aromatic rings. The number of nitrogens with one attached hydrogen (secondary N) is 1. The van der Waals surface area contributed by atoms with Gasteiger partial charge in [0.05, 0.1) is 10.7 Å². The molecule has 9 heteroatoms. The van der Waals surface area contributed by atoms with Gasteiger partial charge in [-0.05, 0) is 57.9 Å². The highest BCUT2D eigenvalue weighted by atomic mass is 35.5. The van der Waals surface area contributed by atoms with Gasteiger partial charge in [0.15, 0.2) is 0 Å². The van der Waals surface area contributed by atoms with E-state index in [9.17, 15) is 4.79 Å². The molecule has 8 nitrogen and oxygen atoms in total. The van der Waals surface area contributed by atoms with Gasteiger partial charge >= 0.3 is 6.09 Å². The van der Waals surface area contributed by atoms with Crippen molar-refractivity contribution in [2.45, 2.75) is 51.7 Å². The number of carbonyl (C=O) groups excluding carboxylic acids is 1. The van der Waals surface area contributed by atoms with Crippen LogP contribution in [0.4, 0.5) is 4.79 Å². The third kappa shape index (κ3) is 5.85. The lowest BCUT2D eigenvalue weighted by atomic mass is 9.94. The molecule has 1 N–H and O–H groups in total. The molecule has 1 aliphatic rings. The highest BCUT2D eigenvalue weighted by Gasteiger charge is 2.29. The van der Waals surface area contributed by atoms with Gasteiger partial charge < -0.3 is 19.4 Å². The quantitative estimate of drug-likeness (QED) is 0.329. The number of ether oxygens (including phenoxy) is 2. The van der Waals surface area contributed by atoms with Crippen LogP contribution in [0.3, 0.4) is 0 Å². The van der Waals surface area contributed by atoms with Gasteiger partial charge in [-0.2, -0.15) is 0 Å². The molecule has 0 aromatic carbocycles.